The fourth-order valence-electron chi connectivity index (χ4n) is 5.47. The zero-order valence-electron chi connectivity index (χ0n) is 30.4. The van der Waals surface area contributed by atoms with Gasteiger partial charge in [0.05, 0.1) is 54.8 Å². The third kappa shape index (κ3) is 10.9. The van der Waals surface area contributed by atoms with E-state index in [1.54, 1.807) is 41.9 Å². The van der Waals surface area contributed by atoms with Crippen molar-refractivity contribution in [1.29, 1.82) is 0 Å². The number of carbonyl (C=O) groups excluding carboxylic acids is 1. The number of hydrogen-bond acceptors (Lipinski definition) is 10. The Balaban J connectivity index is 0.000000166. The third-order valence-electron chi connectivity index (χ3n) is 8.32. The van der Waals surface area contributed by atoms with Crippen molar-refractivity contribution in [3.8, 4) is 22.5 Å². The molecule has 0 saturated heterocycles. The Hall–Kier alpha value is -6.00. The van der Waals surface area contributed by atoms with Crippen molar-refractivity contribution in [2.24, 2.45) is 0 Å². The minimum absolute atomic E-state index is 0.122. The molecule has 292 valence electrons. The van der Waals surface area contributed by atoms with E-state index < -0.39 is 5.97 Å². The summed E-state index contributed by atoms with van der Waals surface area (Å²) in [6.45, 7) is 3.82. The van der Waals surface area contributed by atoms with E-state index >= 15 is 0 Å². The Labute approximate surface area is 342 Å². The lowest BCUT2D eigenvalue weighted by Crippen LogP contribution is -2.17. The van der Waals surface area contributed by atoms with Crippen LogP contribution >= 0.6 is 45.9 Å². The number of carboxylic acids is 1. The zero-order valence-corrected chi connectivity index (χ0v) is 33.5. The number of hydrogen-bond donors (Lipinski definition) is 4. The standard InChI is InChI=1S/C20H16ClN3O3S.C15H14ClN3OS.C5H4O3/c1-12-8-16(19(25)22-10-12)17-9-14(2-3-15-4-5-18(21)28-15)24(23-17)20(26)13-6-7-27-11-13;1-9-6-12(15(20)17-8-9)13-7-10(18-19-13)2-3-11-4-5-14(16)21-11;6-5(7)4-1-2-8-3-4/h4-11H,2-3H2,1H3,(H,22,25);4-8H,2-3H2,1H3,(H,17,20)(H,18,19);1-3H,(H,6,7). The number of aromatic carboxylic acids is 1. The molecule has 0 unspecified atom stereocenters. The molecule has 0 aliphatic carbocycles. The molecule has 0 bridgehead atoms. The number of aromatic amines is 3. The maximum atomic E-state index is 12.9. The first-order valence-corrected chi connectivity index (χ1v) is 19.7. The van der Waals surface area contributed by atoms with E-state index in [0.717, 1.165) is 43.2 Å². The van der Waals surface area contributed by atoms with Gasteiger partial charge in [-0.1, -0.05) is 23.2 Å². The van der Waals surface area contributed by atoms with E-state index in [9.17, 15) is 19.2 Å². The van der Waals surface area contributed by atoms with Crippen molar-refractivity contribution in [2.45, 2.75) is 39.5 Å². The first-order valence-electron chi connectivity index (χ1n) is 17.3. The van der Waals surface area contributed by atoms with Gasteiger partial charge >= 0.3 is 5.97 Å². The van der Waals surface area contributed by atoms with Crippen LogP contribution in [0.1, 0.15) is 53.0 Å². The van der Waals surface area contributed by atoms with E-state index in [4.69, 9.17) is 32.7 Å². The van der Waals surface area contributed by atoms with E-state index in [-0.39, 0.29) is 22.6 Å². The molecule has 8 aromatic heterocycles. The van der Waals surface area contributed by atoms with Crippen LogP contribution in [0.15, 0.2) is 117 Å². The molecule has 13 nitrogen and oxygen atoms in total. The molecule has 4 N–H and O–H groups in total. The number of nitrogens with one attached hydrogen (secondary N) is 3. The second kappa shape index (κ2) is 18.8. The summed E-state index contributed by atoms with van der Waals surface area (Å²) in [4.78, 5) is 54.7. The van der Waals surface area contributed by atoms with Crippen LogP contribution in [0.5, 0.6) is 0 Å². The smallest absolute Gasteiger partial charge is 0.338 e. The number of aryl methyl sites for hydroxylation is 6. The number of thiophene rings is 2. The Bertz CT molecular complexity index is 2700. The molecular weight excluding hydrogens is 812 g/mol. The number of pyridine rings is 2. The van der Waals surface area contributed by atoms with E-state index in [2.05, 4.69) is 29.7 Å². The lowest BCUT2D eigenvalue weighted by Gasteiger charge is -2.04. The molecule has 0 saturated carbocycles. The van der Waals surface area contributed by atoms with Crippen molar-refractivity contribution in [1.82, 2.24) is 29.9 Å². The molecule has 8 rings (SSSR count). The van der Waals surface area contributed by atoms with Gasteiger partial charge in [0.15, 0.2) is 0 Å². The number of carbonyl (C=O) groups is 2. The highest BCUT2D eigenvalue weighted by molar-refractivity contribution is 7.16. The lowest BCUT2D eigenvalue weighted by molar-refractivity contribution is 0.0695. The van der Waals surface area contributed by atoms with Crippen molar-refractivity contribution in [2.75, 3.05) is 0 Å². The van der Waals surface area contributed by atoms with Crippen LogP contribution in [0, 0.1) is 13.8 Å². The van der Waals surface area contributed by atoms with Crippen molar-refractivity contribution in [3.05, 3.63) is 171 Å². The maximum absolute atomic E-state index is 12.9. The summed E-state index contributed by atoms with van der Waals surface area (Å²) in [7, 11) is 0. The van der Waals surface area contributed by atoms with Gasteiger partial charge in [-0.25, -0.2) is 9.48 Å². The monoisotopic (exact) mass is 844 g/mol. The quantitative estimate of drug-likeness (QED) is 0.104. The van der Waals surface area contributed by atoms with Gasteiger partial charge in [0.2, 0.25) is 0 Å². The molecule has 0 spiro atoms. The second-order valence-electron chi connectivity index (χ2n) is 12.6. The van der Waals surface area contributed by atoms with Crippen LogP contribution in [-0.4, -0.2) is 46.9 Å². The van der Waals surface area contributed by atoms with Crippen molar-refractivity contribution < 1.29 is 23.5 Å². The summed E-state index contributed by atoms with van der Waals surface area (Å²) >= 11 is 15.0. The fourth-order valence-corrected chi connectivity index (χ4v) is 7.65. The van der Waals surface area contributed by atoms with Crippen LogP contribution in [0.2, 0.25) is 8.67 Å². The number of H-pyrrole nitrogens is 3. The molecule has 0 fully saturated rings. The highest BCUT2D eigenvalue weighted by Gasteiger charge is 2.20. The largest absolute Gasteiger partial charge is 0.478 e. The Morgan fingerprint density at radius 3 is 1.81 bits per heavy atom. The predicted molar refractivity (Wildman–Crippen MR) is 220 cm³/mol. The highest BCUT2D eigenvalue weighted by Crippen LogP contribution is 2.25. The van der Waals surface area contributed by atoms with Crippen molar-refractivity contribution in [3.63, 3.8) is 0 Å². The minimum Gasteiger partial charge on any atom is -0.478 e. The molecule has 0 aliphatic rings. The topological polar surface area (TPSA) is 193 Å². The predicted octanol–water partition coefficient (Wildman–Crippen LogP) is 8.88. The number of aromatic nitrogens is 6. The van der Waals surface area contributed by atoms with Gasteiger partial charge in [-0.3, -0.25) is 19.5 Å². The molecule has 8 heterocycles. The molecule has 0 amide bonds. The number of carboxylic acid groups (broad SMARTS) is 1. The van der Waals surface area contributed by atoms with Gasteiger partial charge in [-0.15, -0.1) is 22.7 Å². The van der Waals surface area contributed by atoms with Gasteiger partial charge in [-0.05, 0) is 111 Å². The van der Waals surface area contributed by atoms with Crippen LogP contribution < -0.4 is 11.1 Å². The summed E-state index contributed by atoms with van der Waals surface area (Å²) < 4.78 is 12.4. The average molecular weight is 846 g/mol. The lowest BCUT2D eigenvalue weighted by atomic mass is 10.1. The third-order valence-corrected chi connectivity index (χ3v) is 10.9. The SMILES string of the molecule is Cc1c[nH]c(=O)c(-c2cc(CCc3ccc(Cl)s3)[nH]n2)c1.Cc1c[nH]c(=O)c(-c2cc(CCc3ccc(Cl)s3)n(C(=O)c3ccoc3)n2)c1.O=C(O)c1ccoc1. The van der Waals surface area contributed by atoms with Gasteiger partial charge < -0.3 is 23.9 Å². The van der Waals surface area contributed by atoms with Gasteiger partial charge in [0.25, 0.3) is 17.0 Å². The summed E-state index contributed by atoms with van der Waals surface area (Å²) in [6, 6.07) is 18.1. The molecule has 0 aromatic carbocycles. The van der Waals surface area contributed by atoms with E-state index in [0.29, 0.717) is 46.6 Å². The van der Waals surface area contributed by atoms with Crippen LogP contribution in [0.3, 0.4) is 0 Å². The summed E-state index contributed by atoms with van der Waals surface area (Å²) in [5.41, 5.74) is 6.00. The Kier molecular flexibility index (Phi) is 13.4. The summed E-state index contributed by atoms with van der Waals surface area (Å²) in [5.74, 6) is -1.26. The number of halogens is 2. The Morgan fingerprint density at radius 2 is 1.30 bits per heavy atom. The average Bonchev–Trinajstić information content (AvgIpc) is 4.05. The van der Waals surface area contributed by atoms with Crippen LogP contribution in [-0.2, 0) is 25.7 Å². The minimum atomic E-state index is -0.959. The second-order valence-corrected chi connectivity index (χ2v) is 16.2. The first kappa shape index (κ1) is 40.7. The maximum Gasteiger partial charge on any atom is 0.338 e. The molecule has 0 aliphatic heterocycles. The zero-order chi connectivity index (χ0) is 40.5. The normalized spacial score (nSPS) is 10.7. The van der Waals surface area contributed by atoms with Crippen LogP contribution in [0.4, 0.5) is 0 Å². The molecule has 17 heteroatoms. The van der Waals surface area contributed by atoms with Gasteiger partial charge in [0, 0.05) is 33.5 Å². The number of nitrogens with zero attached hydrogens (tertiary/aromatic N) is 3. The van der Waals surface area contributed by atoms with Gasteiger partial charge in [-0.2, -0.15) is 10.2 Å². The number of furan rings is 2. The molecule has 57 heavy (non-hydrogen) atoms. The summed E-state index contributed by atoms with van der Waals surface area (Å²) in [5, 5.41) is 19.9. The van der Waals surface area contributed by atoms with E-state index in [1.165, 1.54) is 52.0 Å². The molecule has 0 atom stereocenters. The van der Waals surface area contributed by atoms with Crippen molar-refractivity contribution >= 4 is 57.8 Å². The summed E-state index contributed by atoms with van der Waals surface area (Å²) in [6.07, 6.45) is 11.7. The fraction of sp³-hybridized carbons (Fsp3) is 0.150. The first-order chi connectivity index (χ1) is 27.4. The molecule has 0 radical (unpaired) electrons. The van der Waals surface area contributed by atoms with E-state index in [1.807, 2.05) is 50.2 Å². The molecular formula is C40H34Cl2N6O7S2. The number of rotatable bonds is 10. The molecule has 8 aromatic rings. The van der Waals surface area contributed by atoms with Gasteiger partial charge in [0.1, 0.15) is 12.5 Å². The Morgan fingerprint density at radius 1 is 0.737 bits per heavy atom. The van der Waals surface area contributed by atoms with Crippen LogP contribution in [0.25, 0.3) is 22.5 Å². The highest BCUT2D eigenvalue weighted by atomic mass is 35.5.